The molecule has 3 rings (SSSR count). The van der Waals surface area contributed by atoms with Gasteiger partial charge in [0.15, 0.2) is 0 Å². The smallest absolute Gasteiger partial charge is 0.320 e. The second kappa shape index (κ2) is 5.80. The van der Waals surface area contributed by atoms with E-state index in [1.54, 1.807) is 0 Å². The minimum Gasteiger partial charge on any atom is -0.480 e. The Morgan fingerprint density at radius 3 is 2.71 bits per heavy atom. The van der Waals surface area contributed by atoms with Gasteiger partial charge in [0, 0.05) is 6.04 Å². The largest absolute Gasteiger partial charge is 0.480 e. The molecular formula is C18H25NO2. The fraction of sp³-hybridized carbons (Fsp3) is 0.611. The van der Waals surface area contributed by atoms with Crippen LogP contribution in [0.25, 0.3) is 0 Å². The molecule has 0 spiro atoms. The number of carboxylic acid groups (broad SMARTS) is 1. The van der Waals surface area contributed by atoms with E-state index in [0.717, 1.165) is 45.1 Å². The maximum Gasteiger partial charge on any atom is 0.320 e. The predicted molar refractivity (Wildman–Crippen MR) is 83.4 cm³/mol. The van der Waals surface area contributed by atoms with Crippen LogP contribution in [0.1, 0.15) is 51.0 Å². The zero-order chi connectivity index (χ0) is 14.9. The molecule has 114 valence electrons. The Bertz CT molecular complexity index is 501. The first kappa shape index (κ1) is 14.6. The summed E-state index contributed by atoms with van der Waals surface area (Å²) in [5.41, 5.74) is 1.60. The van der Waals surface area contributed by atoms with Crippen molar-refractivity contribution in [2.45, 2.75) is 62.9 Å². The van der Waals surface area contributed by atoms with E-state index in [2.05, 4.69) is 42.2 Å². The van der Waals surface area contributed by atoms with Gasteiger partial charge >= 0.3 is 5.97 Å². The number of likely N-dealkylation sites (tertiary alicyclic amines) is 1. The summed E-state index contributed by atoms with van der Waals surface area (Å²) in [7, 11) is 0. The second-order valence-corrected chi connectivity index (χ2v) is 6.91. The van der Waals surface area contributed by atoms with E-state index in [1.165, 1.54) is 5.56 Å². The molecule has 1 aliphatic heterocycles. The van der Waals surface area contributed by atoms with Gasteiger partial charge in [0.1, 0.15) is 6.04 Å². The maximum atomic E-state index is 11.5. The number of benzene rings is 1. The van der Waals surface area contributed by atoms with E-state index in [-0.39, 0.29) is 11.5 Å². The molecule has 1 saturated carbocycles. The van der Waals surface area contributed by atoms with E-state index in [9.17, 15) is 9.90 Å². The van der Waals surface area contributed by atoms with Gasteiger partial charge in [0.25, 0.3) is 0 Å². The number of aliphatic carboxylic acids is 1. The summed E-state index contributed by atoms with van der Waals surface area (Å²) in [4.78, 5) is 13.8. The third-order valence-corrected chi connectivity index (χ3v) is 5.48. The molecule has 21 heavy (non-hydrogen) atoms. The standard InChI is InChI=1S/C18H25NO2/c1-18(14-7-3-2-4-8-14)11-10-15(13-18)19-12-6-5-9-16(19)17(20)21/h2-4,7-8,15-16H,5-6,9-13H2,1H3,(H,20,21). The molecule has 1 aromatic rings. The Balaban J connectivity index is 1.75. The quantitative estimate of drug-likeness (QED) is 0.926. The monoisotopic (exact) mass is 287 g/mol. The van der Waals surface area contributed by atoms with E-state index >= 15 is 0 Å². The highest BCUT2D eigenvalue weighted by Crippen LogP contribution is 2.43. The SMILES string of the molecule is CC1(c2ccccc2)CCC(N2CCCCC2C(=O)O)C1. The van der Waals surface area contributed by atoms with Crippen LogP contribution in [0.3, 0.4) is 0 Å². The molecule has 2 fully saturated rings. The third kappa shape index (κ3) is 2.84. The first-order valence-corrected chi connectivity index (χ1v) is 8.14. The minimum absolute atomic E-state index is 0.201. The molecule has 3 nitrogen and oxygen atoms in total. The summed E-state index contributed by atoms with van der Waals surface area (Å²) in [6, 6.07) is 10.9. The Hall–Kier alpha value is -1.35. The molecule has 3 unspecified atom stereocenters. The molecule has 1 aliphatic carbocycles. The van der Waals surface area contributed by atoms with Crippen molar-refractivity contribution in [3.63, 3.8) is 0 Å². The molecular weight excluding hydrogens is 262 g/mol. The molecule has 0 aromatic heterocycles. The Morgan fingerprint density at radius 2 is 2.00 bits per heavy atom. The van der Waals surface area contributed by atoms with Gasteiger partial charge < -0.3 is 5.11 Å². The third-order valence-electron chi connectivity index (χ3n) is 5.48. The van der Waals surface area contributed by atoms with Crippen molar-refractivity contribution in [2.75, 3.05) is 6.54 Å². The van der Waals surface area contributed by atoms with E-state index in [1.807, 2.05) is 0 Å². The van der Waals surface area contributed by atoms with Crippen molar-refractivity contribution in [2.24, 2.45) is 0 Å². The molecule has 1 saturated heterocycles. The van der Waals surface area contributed by atoms with Crippen molar-refractivity contribution in [1.82, 2.24) is 4.90 Å². The second-order valence-electron chi connectivity index (χ2n) is 6.91. The minimum atomic E-state index is -0.636. The lowest BCUT2D eigenvalue weighted by molar-refractivity contribution is -0.145. The zero-order valence-electron chi connectivity index (χ0n) is 12.8. The number of piperidine rings is 1. The molecule has 1 aromatic carbocycles. The fourth-order valence-electron chi connectivity index (χ4n) is 4.25. The van der Waals surface area contributed by atoms with Crippen LogP contribution in [-0.4, -0.2) is 34.6 Å². The molecule has 0 radical (unpaired) electrons. The van der Waals surface area contributed by atoms with E-state index in [0.29, 0.717) is 6.04 Å². The highest BCUT2D eigenvalue weighted by atomic mass is 16.4. The fourth-order valence-corrected chi connectivity index (χ4v) is 4.25. The number of carbonyl (C=O) groups is 1. The van der Waals surface area contributed by atoms with Crippen molar-refractivity contribution in [3.8, 4) is 0 Å². The lowest BCUT2D eigenvalue weighted by Crippen LogP contribution is -2.49. The lowest BCUT2D eigenvalue weighted by Gasteiger charge is -2.38. The molecule has 0 bridgehead atoms. The number of hydrogen-bond donors (Lipinski definition) is 1. The zero-order valence-corrected chi connectivity index (χ0v) is 12.8. The Labute approximate surface area is 127 Å². The number of carboxylic acids is 1. The van der Waals surface area contributed by atoms with Gasteiger partial charge in [-0.15, -0.1) is 0 Å². The van der Waals surface area contributed by atoms with Gasteiger partial charge in [-0.25, -0.2) is 0 Å². The number of nitrogens with zero attached hydrogens (tertiary/aromatic N) is 1. The molecule has 2 aliphatic rings. The molecule has 1 N–H and O–H groups in total. The van der Waals surface area contributed by atoms with Gasteiger partial charge in [-0.2, -0.15) is 0 Å². The summed E-state index contributed by atoms with van der Waals surface area (Å²) in [5.74, 6) is -0.636. The summed E-state index contributed by atoms with van der Waals surface area (Å²) < 4.78 is 0. The van der Waals surface area contributed by atoms with Crippen molar-refractivity contribution in [1.29, 1.82) is 0 Å². The van der Waals surface area contributed by atoms with E-state index < -0.39 is 5.97 Å². The van der Waals surface area contributed by atoms with Crippen LogP contribution in [0.15, 0.2) is 30.3 Å². The van der Waals surface area contributed by atoms with Gasteiger partial charge in [-0.3, -0.25) is 9.69 Å². The Kier molecular flexibility index (Phi) is 4.03. The van der Waals surface area contributed by atoms with Crippen LogP contribution >= 0.6 is 0 Å². The summed E-state index contributed by atoms with van der Waals surface area (Å²) in [6.45, 7) is 3.29. The van der Waals surface area contributed by atoms with Crippen molar-refractivity contribution < 1.29 is 9.90 Å². The van der Waals surface area contributed by atoms with Crippen LogP contribution < -0.4 is 0 Å². The highest BCUT2D eigenvalue weighted by molar-refractivity contribution is 5.73. The summed E-state index contributed by atoms with van der Waals surface area (Å²) in [5, 5.41) is 9.47. The molecule has 0 amide bonds. The van der Waals surface area contributed by atoms with Crippen molar-refractivity contribution >= 4 is 5.97 Å². The topological polar surface area (TPSA) is 40.5 Å². The van der Waals surface area contributed by atoms with Gasteiger partial charge in [0.2, 0.25) is 0 Å². The van der Waals surface area contributed by atoms with Crippen molar-refractivity contribution in [3.05, 3.63) is 35.9 Å². The average molecular weight is 287 g/mol. The van der Waals surface area contributed by atoms with Crippen LogP contribution in [0.5, 0.6) is 0 Å². The summed E-state index contributed by atoms with van der Waals surface area (Å²) in [6.07, 6.45) is 6.37. The van der Waals surface area contributed by atoms with E-state index in [4.69, 9.17) is 0 Å². The van der Waals surface area contributed by atoms with Gasteiger partial charge in [-0.1, -0.05) is 43.7 Å². The number of rotatable bonds is 3. The Morgan fingerprint density at radius 1 is 1.24 bits per heavy atom. The van der Waals surface area contributed by atoms with Gasteiger partial charge in [0.05, 0.1) is 0 Å². The highest BCUT2D eigenvalue weighted by Gasteiger charge is 2.42. The number of hydrogen-bond acceptors (Lipinski definition) is 2. The normalized spacial score (nSPS) is 34.0. The average Bonchev–Trinajstić information content (AvgIpc) is 2.92. The van der Waals surface area contributed by atoms with Crippen LogP contribution in [0.2, 0.25) is 0 Å². The van der Waals surface area contributed by atoms with Crippen LogP contribution in [0, 0.1) is 0 Å². The summed E-state index contributed by atoms with van der Waals surface area (Å²) >= 11 is 0. The van der Waals surface area contributed by atoms with Crippen LogP contribution in [-0.2, 0) is 10.2 Å². The van der Waals surface area contributed by atoms with Crippen LogP contribution in [0.4, 0.5) is 0 Å². The molecule has 3 atom stereocenters. The first-order valence-electron chi connectivity index (χ1n) is 8.14. The lowest BCUT2D eigenvalue weighted by atomic mass is 9.80. The molecule has 3 heteroatoms. The molecule has 1 heterocycles. The first-order chi connectivity index (χ1) is 10.1. The maximum absolute atomic E-state index is 11.5. The predicted octanol–water partition coefficient (Wildman–Crippen LogP) is 3.44. The van der Waals surface area contributed by atoms with Gasteiger partial charge in [-0.05, 0) is 49.6 Å².